The Labute approximate surface area is 448 Å². The monoisotopic (exact) mass is 1040 g/mol. The smallest absolute Gasteiger partial charge is 0.462 e. The summed E-state index contributed by atoms with van der Waals surface area (Å²) in [7, 11) is 1.44. The van der Waals surface area contributed by atoms with Gasteiger partial charge in [-0.2, -0.15) is 0 Å². The van der Waals surface area contributed by atoms with Crippen LogP contribution in [0.25, 0.3) is 0 Å². The molecule has 0 bridgehead atoms. The van der Waals surface area contributed by atoms with E-state index in [4.69, 9.17) is 18.5 Å². The van der Waals surface area contributed by atoms with Gasteiger partial charge in [0, 0.05) is 12.8 Å². The summed E-state index contributed by atoms with van der Waals surface area (Å²) in [6, 6.07) is 0. The molecule has 0 heterocycles. The number of quaternary nitrogens is 1. The van der Waals surface area contributed by atoms with Gasteiger partial charge < -0.3 is 18.9 Å². The van der Waals surface area contributed by atoms with Crippen LogP contribution in [-0.4, -0.2) is 74.9 Å². The Morgan fingerprint density at radius 1 is 0.438 bits per heavy atom. The average Bonchev–Trinajstić information content (AvgIpc) is 3.35. The maximum atomic E-state index is 12.8. The fourth-order valence-corrected chi connectivity index (χ4v) is 8.04. The van der Waals surface area contributed by atoms with Gasteiger partial charge in [0.1, 0.15) is 19.8 Å². The van der Waals surface area contributed by atoms with E-state index in [0.29, 0.717) is 17.4 Å². The number of nitrogens with zero attached hydrogens (tertiary/aromatic N) is 1. The number of unbranched alkanes of at least 4 members (excludes halogenated alkanes) is 17. The summed E-state index contributed by atoms with van der Waals surface area (Å²) in [6.07, 6.45) is 75.5. The van der Waals surface area contributed by atoms with E-state index in [1.54, 1.807) is 0 Å². The SMILES string of the molecule is CC/C=C\C/C=C\C/C=C\C/C=C\C/C=C\C/C=C\C/C=C\C/C=C\C/C=C\CCCCCCCC(=O)OC(COC(=O)CCCCCCC/C=C\CCCCCCCCC)COP(=O)(O)OCC[N+](C)(C)C. The maximum absolute atomic E-state index is 12.8. The summed E-state index contributed by atoms with van der Waals surface area (Å²) in [6.45, 7) is 4.27. The number of rotatable bonds is 51. The van der Waals surface area contributed by atoms with Gasteiger partial charge in [0.2, 0.25) is 0 Å². The Balaban J connectivity index is 4.25. The number of hydrogen-bond donors (Lipinski definition) is 1. The van der Waals surface area contributed by atoms with Crippen LogP contribution in [0.5, 0.6) is 0 Å². The molecule has 416 valence electrons. The zero-order valence-corrected chi connectivity index (χ0v) is 48.0. The molecule has 0 amide bonds. The maximum Gasteiger partial charge on any atom is 0.472 e. The highest BCUT2D eigenvalue weighted by Gasteiger charge is 2.27. The van der Waals surface area contributed by atoms with Crippen LogP contribution in [0.15, 0.2) is 122 Å². The normalized spacial score (nSPS) is 14.2. The minimum atomic E-state index is -4.40. The lowest BCUT2D eigenvalue weighted by Crippen LogP contribution is -2.37. The van der Waals surface area contributed by atoms with Gasteiger partial charge >= 0.3 is 19.8 Å². The van der Waals surface area contributed by atoms with Gasteiger partial charge in [0.05, 0.1) is 27.7 Å². The van der Waals surface area contributed by atoms with Crippen LogP contribution >= 0.6 is 7.82 Å². The second-order valence-corrected chi connectivity index (χ2v) is 21.4. The molecule has 1 N–H and O–H groups in total. The number of carbonyl (C=O) groups is 2. The summed E-state index contributed by atoms with van der Waals surface area (Å²) in [5, 5.41) is 0. The van der Waals surface area contributed by atoms with Crippen molar-refractivity contribution in [1.29, 1.82) is 0 Å². The molecule has 0 aromatic heterocycles. The predicted octanol–water partition coefficient (Wildman–Crippen LogP) is 18.0. The van der Waals surface area contributed by atoms with Crippen LogP contribution in [0, 0.1) is 0 Å². The van der Waals surface area contributed by atoms with E-state index in [1.807, 2.05) is 21.1 Å². The Morgan fingerprint density at radius 3 is 1.18 bits per heavy atom. The van der Waals surface area contributed by atoms with E-state index in [1.165, 1.54) is 51.4 Å². The zero-order chi connectivity index (χ0) is 53.5. The minimum Gasteiger partial charge on any atom is -0.462 e. The molecule has 0 aliphatic carbocycles. The predicted molar refractivity (Wildman–Crippen MR) is 311 cm³/mol. The number of likely N-dealkylation sites (N-methyl/N-ethyl adjacent to an activating group) is 1. The number of phosphoric ester groups is 1. The van der Waals surface area contributed by atoms with Gasteiger partial charge in [-0.15, -0.1) is 0 Å². The third kappa shape index (κ3) is 57.5. The highest BCUT2D eigenvalue weighted by atomic mass is 31.2. The number of esters is 2. The molecule has 10 heteroatoms. The van der Waals surface area contributed by atoms with Gasteiger partial charge in [-0.25, -0.2) is 4.57 Å². The van der Waals surface area contributed by atoms with Crippen LogP contribution in [0.4, 0.5) is 0 Å². The van der Waals surface area contributed by atoms with E-state index >= 15 is 0 Å². The molecule has 0 spiro atoms. The van der Waals surface area contributed by atoms with Crippen molar-refractivity contribution in [2.75, 3.05) is 47.5 Å². The zero-order valence-electron chi connectivity index (χ0n) is 47.1. The quantitative estimate of drug-likeness (QED) is 0.0211. The van der Waals surface area contributed by atoms with Crippen LogP contribution < -0.4 is 0 Å². The van der Waals surface area contributed by atoms with Crippen molar-refractivity contribution in [3.05, 3.63) is 122 Å². The van der Waals surface area contributed by atoms with E-state index < -0.39 is 26.5 Å². The lowest BCUT2D eigenvalue weighted by molar-refractivity contribution is -0.870. The number of hydrogen-bond acceptors (Lipinski definition) is 7. The molecule has 0 saturated heterocycles. The first-order chi connectivity index (χ1) is 35.5. The number of allylic oxidation sites excluding steroid dienone is 20. The van der Waals surface area contributed by atoms with Crippen molar-refractivity contribution < 1.29 is 42.1 Å². The molecular formula is C63H107NO8P+. The summed E-state index contributed by atoms with van der Waals surface area (Å²) < 4.78 is 34.5. The van der Waals surface area contributed by atoms with Crippen molar-refractivity contribution in [3.8, 4) is 0 Å². The Hall–Kier alpha value is -3.59. The molecule has 0 fully saturated rings. The number of carbonyl (C=O) groups excluding carboxylic acids is 2. The molecule has 0 radical (unpaired) electrons. The van der Waals surface area contributed by atoms with Crippen LogP contribution in [0.3, 0.4) is 0 Å². The van der Waals surface area contributed by atoms with Gasteiger partial charge in [-0.1, -0.05) is 212 Å². The van der Waals surface area contributed by atoms with Crippen LogP contribution in [0.2, 0.25) is 0 Å². The lowest BCUT2D eigenvalue weighted by Gasteiger charge is -2.24. The van der Waals surface area contributed by atoms with Crippen LogP contribution in [-0.2, 0) is 32.7 Å². The number of ether oxygens (including phenoxy) is 2. The fraction of sp³-hybridized carbons (Fsp3) is 0.651. The number of phosphoric acid groups is 1. The summed E-state index contributed by atoms with van der Waals surface area (Å²) >= 11 is 0. The van der Waals surface area contributed by atoms with Crippen molar-refractivity contribution in [1.82, 2.24) is 0 Å². The molecule has 0 rings (SSSR count). The molecule has 0 aliphatic heterocycles. The second kappa shape index (κ2) is 53.2. The average molecular weight is 1040 g/mol. The highest BCUT2D eigenvalue weighted by Crippen LogP contribution is 2.43. The van der Waals surface area contributed by atoms with Gasteiger partial charge in [0.15, 0.2) is 6.10 Å². The first kappa shape index (κ1) is 69.4. The standard InChI is InChI=1S/C63H106NO8P/c1-6-8-10-12-14-16-18-20-22-24-25-26-27-28-29-30-31-32-33-34-35-36-37-38-39-40-42-44-46-48-50-52-54-56-63(66)72-61(60-71-73(67,68)70-58-57-64(3,4)5)59-69-62(65)55-53-51-49-47-45-43-41-23-21-19-17-15-13-11-9-7-2/h8,10,14,16,20,22-23,25-26,28-29,31-32,34-35,37-38,40-42,61H,6-7,9,11-13,15,17-19,21,24,27,30,33,36,39,43-60H2,1-5H3/p+1/b10-8-,16-14-,22-20-,26-25-,29-28-,32-31-,35-34-,38-37-,41-23-,42-40-. The first-order valence-electron chi connectivity index (χ1n) is 28.8. The van der Waals surface area contributed by atoms with Gasteiger partial charge in [-0.05, 0) is 109 Å². The van der Waals surface area contributed by atoms with Crippen molar-refractivity contribution >= 4 is 19.8 Å². The second-order valence-electron chi connectivity index (χ2n) is 19.9. The first-order valence-corrected chi connectivity index (χ1v) is 30.3. The molecule has 2 unspecified atom stereocenters. The van der Waals surface area contributed by atoms with Crippen molar-refractivity contribution in [2.24, 2.45) is 0 Å². The molecular weight excluding hydrogens is 930 g/mol. The summed E-state index contributed by atoms with van der Waals surface area (Å²) in [4.78, 5) is 35.6. The fourth-order valence-electron chi connectivity index (χ4n) is 7.30. The molecule has 0 saturated carbocycles. The Morgan fingerprint density at radius 2 is 0.781 bits per heavy atom. The van der Waals surface area contributed by atoms with Crippen LogP contribution in [0.1, 0.15) is 213 Å². The van der Waals surface area contributed by atoms with E-state index in [-0.39, 0.29) is 32.0 Å². The summed E-state index contributed by atoms with van der Waals surface area (Å²) in [5.41, 5.74) is 0. The van der Waals surface area contributed by atoms with Crippen molar-refractivity contribution in [2.45, 2.75) is 219 Å². The van der Waals surface area contributed by atoms with Gasteiger partial charge in [-0.3, -0.25) is 18.6 Å². The molecule has 0 aliphatic rings. The molecule has 73 heavy (non-hydrogen) atoms. The molecule has 0 aromatic carbocycles. The molecule has 2 atom stereocenters. The highest BCUT2D eigenvalue weighted by molar-refractivity contribution is 7.47. The molecule has 9 nitrogen and oxygen atoms in total. The van der Waals surface area contributed by atoms with E-state index in [2.05, 4.69) is 135 Å². The minimum absolute atomic E-state index is 0.0199. The topological polar surface area (TPSA) is 108 Å². The van der Waals surface area contributed by atoms with E-state index in [0.717, 1.165) is 128 Å². The Kier molecular flexibility index (Phi) is 50.6. The van der Waals surface area contributed by atoms with Gasteiger partial charge in [0.25, 0.3) is 0 Å². The molecule has 0 aromatic rings. The lowest BCUT2D eigenvalue weighted by atomic mass is 10.1. The van der Waals surface area contributed by atoms with Crippen molar-refractivity contribution in [3.63, 3.8) is 0 Å². The summed E-state index contributed by atoms with van der Waals surface area (Å²) in [5.74, 6) is -0.837. The largest absolute Gasteiger partial charge is 0.472 e. The third-order valence-corrected chi connectivity index (χ3v) is 12.7. The Bertz CT molecular complexity index is 1650. The van der Waals surface area contributed by atoms with E-state index in [9.17, 15) is 19.0 Å². The third-order valence-electron chi connectivity index (χ3n) is 11.7.